The van der Waals surface area contributed by atoms with Gasteiger partial charge in [-0.2, -0.15) is 39.5 Å². The average Bonchev–Trinajstić information content (AvgIpc) is 3.66. The third-order valence-electron chi connectivity index (χ3n) is 9.64. The van der Waals surface area contributed by atoms with Crippen LogP contribution < -0.4 is 20.7 Å². The third kappa shape index (κ3) is 9.38. The van der Waals surface area contributed by atoms with Crippen molar-refractivity contribution in [3.63, 3.8) is 0 Å². The van der Waals surface area contributed by atoms with E-state index >= 15 is 4.39 Å². The van der Waals surface area contributed by atoms with Crippen LogP contribution >= 0.6 is 0 Å². The first-order chi connectivity index (χ1) is 27.6. The average molecular weight is 844 g/mol. The number of benzene rings is 3. The predicted octanol–water partition coefficient (Wildman–Crippen LogP) is 9.18. The van der Waals surface area contributed by atoms with Gasteiger partial charge in [-0.1, -0.05) is 29.8 Å². The maximum absolute atomic E-state index is 15.3. The molecule has 2 fully saturated rings. The summed E-state index contributed by atoms with van der Waals surface area (Å²) in [4.78, 5) is 47.8. The van der Waals surface area contributed by atoms with Gasteiger partial charge >= 0.3 is 24.6 Å². The maximum Gasteiger partial charge on any atom is 0.429 e. The highest BCUT2D eigenvalue weighted by Gasteiger charge is 2.56. The number of halogens is 11. The number of anilines is 2. The van der Waals surface area contributed by atoms with E-state index in [1.165, 1.54) is 24.3 Å². The molecule has 3 aromatic carbocycles. The number of nitrogens with zero attached hydrogens (tertiary/aromatic N) is 2. The Kier molecular flexibility index (Phi) is 11.6. The summed E-state index contributed by atoms with van der Waals surface area (Å²) in [6.45, 7) is 0. The topological polar surface area (TPSA) is 132 Å². The highest BCUT2D eigenvalue weighted by Crippen LogP contribution is 2.54. The SMILES string of the molecule is COc1cnc(-c2cc([C@H](OC(=O)Nc3ccccc3)C(F)(F)F)ccc2F)nc1C(=O)N[C@@H]1C2CCC(/C2=C/C(F)(F)F)[C@@H]1C(=O)Nc1ccc(F)c(C(F)(F)F)c1. The zero-order chi connectivity index (χ0) is 43.0. The molecule has 2 aliphatic rings. The van der Waals surface area contributed by atoms with E-state index in [1.54, 1.807) is 6.07 Å². The number of amides is 3. The smallest absolute Gasteiger partial charge is 0.429 e. The van der Waals surface area contributed by atoms with E-state index in [1.807, 2.05) is 0 Å². The van der Waals surface area contributed by atoms with Gasteiger partial charge in [0.2, 0.25) is 12.0 Å². The minimum Gasteiger partial charge on any atom is -0.493 e. The van der Waals surface area contributed by atoms with Crippen molar-refractivity contribution in [2.75, 3.05) is 17.7 Å². The maximum atomic E-state index is 15.3. The molecule has 2 saturated carbocycles. The van der Waals surface area contributed by atoms with E-state index in [9.17, 15) is 58.3 Å². The zero-order valence-electron chi connectivity index (χ0n) is 29.9. The Hall–Kier alpha value is -6.28. The first-order valence-corrected chi connectivity index (χ1v) is 17.2. The van der Waals surface area contributed by atoms with Gasteiger partial charge in [0, 0.05) is 35.0 Å². The Labute approximate surface area is 325 Å². The molecule has 0 saturated heterocycles. The van der Waals surface area contributed by atoms with Gasteiger partial charge in [-0.15, -0.1) is 0 Å². The molecule has 59 heavy (non-hydrogen) atoms. The molecule has 0 aliphatic heterocycles. The number of alkyl halides is 9. The molecule has 0 radical (unpaired) electrons. The number of para-hydroxylation sites is 1. The number of nitrogens with one attached hydrogen (secondary N) is 3. The second-order valence-electron chi connectivity index (χ2n) is 13.4. The third-order valence-corrected chi connectivity index (χ3v) is 9.64. The van der Waals surface area contributed by atoms with Crippen molar-refractivity contribution < 1.29 is 72.2 Å². The zero-order valence-corrected chi connectivity index (χ0v) is 29.9. The Bertz CT molecular complexity index is 2280. The molecule has 2 aliphatic carbocycles. The largest absolute Gasteiger partial charge is 0.493 e. The number of aromatic nitrogens is 2. The van der Waals surface area contributed by atoms with Crippen LogP contribution in [0.5, 0.6) is 5.75 Å². The molecule has 3 amide bonds. The van der Waals surface area contributed by atoms with Gasteiger partial charge in [-0.05, 0) is 61.2 Å². The monoisotopic (exact) mass is 843 g/mol. The van der Waals surface area contributed by atoms with E-state index < -0.39 is 118 Å². The number of hydrogen-bond donors (Lipinski definition) is 3. The number of rotatable bonds is 9. The van der Waals surface area contributed by atoms with Gasteiger partial charge < -0.3 is 20.1 Å². The fourth-order valence-corrected chi connectivity index (χ4v) is 7.24. The second kappa shape index (κ2) is 16.2. The molecule has 312 valence electrons. The number of fused-ring (bicyclic) bond motifs is 2. The Morgan fingerprint density at radius 3 is 2.15 bits per heavy atom. The summed E-state index contributed by atoms with van der Waals surface area (Å²) in [5, 5.41) is 6.74. The van der Waals surface area contributed by atoms with E-state index in [4.69, 9.17) is 4.74 Å². The van der Waals surface area contributed by atoms with Crippen LogP contribution in [0.3, 0.4) is 0 Å². The van der Waals surface area contributed by atoms with Crippen LogP contribution in [0.25, 0.3) is 11.4 Å². The lowest BCUT2D eigenvalue weighted by molar-refractivity contribution is -0.205. The summed E-state index contributed by atoms with van der Waals surface area (Å²) in [7, 11) is 1.05. The van der Waals surface area contributed by atoms with E-state index in [-0.39, 0.29) is 30.2 Å². The van der Waals surface area contributed by atoms with Crippen molar-refractivity contribution in [2.24, 2.45) is 17.8 Å². The van der Waals surface area contributed by atoms with Crippen LogP contribution in [0.4, 0.5) is 64.5 Å². The van der Waals surface area contributed by atoms with E-state index in [0.717, 1.165) is 19.4 Å². The fraction of sp³-hybridized carbons (Fsp3) is 0.289. The van der Waals surface area contributed by atoms with Crippen LogP contribution in [-0.2, 0) is 15.7 Å². The first-order valence-electron chi connectivity index (χ1n) is 17.2. The van der Waals surface area contributed by atoms with Gasteiger partial charge in [-0.3, -0.25) is 14.9 Å². The first kappa shape index (κ1) is 42.3. The van der Waals surface area contributed by atoms with Crippen molar-refractivity contribution in [2.45, 2.75) is 43.5 Å². The summed E-state index contributed by atoms with van der Waals surface area (Å²) < 4.78 is 163. The molecule has 1 heterocycles. The molecular formula is C38H28F11N5O5. The van der Waals surface area contributed by atoms with Gasteiger partial charge in [0.15, 0.2) is 17.3 Å². The summed E-state index contributed by atoms with van der Waals surface area (Å²) in [6.07, 6.45) is -18.8. The van der Waals surface area contributed by atoms with Gasteiger partial charge in [-0.25, -0.2) is 23.5 Å². The molecule has 2 unspecified atom stereocenters. The van der Waals surface area contributed by atoms with Crippen LogP contribution in [0.15, 0.2) is 84.6 Å². The number of hydrogen-bond acceptors (Lipinski definition) is 7. The van der Waals surface area contributed by atoms with E-state index in [0.29, 0.717) is 30.3 Å². The molecule has 2 bridgehead atoms. The predicted molar refractivity (Wildman–Crippen MR) is 184 cm³/mol. The molecule has 1 aromatic heterocycles. The lowest BCUT2D eigenvalue weighted by atomic mass is 9.83. The van der Waals surface area contributed by atoms with Crippen LogP contribution in [0.2, 0.25) is 0 Å². The number of ether oxygens (including phenoxy) is 2. The normalized spacial score (nSPS) is 20.2. The quantitative estimate of drug-likeness (QED) is 0.113. The van der Waals surface area contributed by atoms with Crippen LogP contribution in [-0.4, -0.2) is 53.4 Å². The second-order valence-corrected chi connectivity index (χ2v) is 13.4. The Morgan fingerprint density at radius 2 is 1.51 bits per heavy atom. The van der Waals surface area contributed by atoms with Crippen LogP contribution in [0.1, 0.15) is 40.6 Å². The van der Waals surface area contributed by atoms with Crippen molar-refractivity contribution in [1.82, 2.24) is 15.3 Å². The molecule has 5 atom stereocenters. The van der Waals surface area contributed by atoms with Crippen molar-refractivity contribution in [1.29, 1.82) is 0 Å². The molecule has 6 rings (SSSR count). The van der Waals surface area contributed by atoms with Crippen molar-refractivity contribution >= 4 is 29.3 Å². The highest BCUT2D eigenvalue weighted by molar-refractivity contribution is 5.98. The molecule has 10 nitrogen and oxygen atoms in total. The van der Waals surface area contributed by atoms with Crippen LogP contribution in [0, 0.1) is 29.4 Å². The Morgan fingerprint density at radius 1 is 0.831 bits per heavy atom. The molecular weight excluding hydrogens is 815 g/mol. The molecule has 3 N–H and O–H groups in total. The number of methoxy groups -OCH3 is 1. The molecule has 0 spiro atoms. The highest BCUT2D eigenvalue weighted by atomic mass is 19.4. The van der Waals surface area contributed by atoms with Crippen molar-refractivity contribution in [3.8, 4) is 17.1 Å². The Balaban J connectivity index is 1.31. The fourth-order valence-electron chi connectivity index (χ4n) is 7.24. The van der Waals surface area contributed by atoms with E-state index in [2.05, 4.69) is 30.7 Å². The number of carbonyl (C=O) groups excluding carboxylic acids is 3. The summed E-state index contributed by atoms with van der Waals surface area (Å²) >= 11 is 0. The van der Waals surface area contributed by atoms with Gasteiger partial charge in [0.25, 0.3) is 5.91 Å². The van der Waals surface area contributed by atoms with Gasteiger partial charge in [0.05, 0.1) is 30.4 Å². The lowest BCUT2D eigenvalue weighted by Crippen LogP contribution is -2.48. The summed E-state index contributed by atoms with van der Waals surface area (Å²) in [5.41, 5.74) is -4.64. The number of allylic oxidation sites excluding steroid dienone is 1. The standard InChI is InChI=1S/C38H28F11N5O5/c1-58-27-16-50-32(22-13-17(7-11-25(22)39)31(38(47,48)49)59-35(57)52-18-5-3-2-4-6-18)53-30(27)34(56)54-29-21-10-9-20(23(21)15-36(41,42)43)28(29)33(55)51-19-8-12-26(40)24(14-19)37(44,45)46/h2-8,11-16,20-21,28-29,31H,9-10H2,1H3,(H,51,55)(H,52,57)(H,54,56)/b23-15-/t20?,21?,28-,29+,31-/m0/s1. The summed E-state index contributed by atoms with van der Waals surface area (Å²) in [5.74, 6) is -10.1. The molecule has 4 aromatic rings. The van der Waals surface area contributed by atoms with Gasteiger partial charge in [0.1, 0.15) is 11.6 Å². The lowest BCUT2D eigenvalue weighted by Gasteiger charge is -2.30. The van der Waals surface area contributed by atoms with Crippen molar-refractivity contribution in [3.05, 3.63) is 113 Å². The summed E-state index contributed by atoms with van der Waals surface area (Å²) in [6, 6.07) is 9.33. The minimum absolute atomic E-state index is 0.0153. The number of carbonyl (C=O) groups is 3. The minimum atomic E-state index is -5.23. The molecule has 21 heteroatoms.